The number of imide groups is 1. The topological polar surface area (TPSA) is 49.4 Å². The molecule has 5 heteroatoms. The lowest BCUT2D eigenvalue weighted by atomic mass is 10.0. The number of hydrogen-bond donors (Lipinski definition) is 1. The van der Waals surface area contributed by atoms with E-state index in [1.165, 1.54) is 29.2 Å². The Hall–Kier alpha value is -3.73. The molecule has 3 aromatic carbocycles. The van der Waals surface area contributed by atoms with E-state index in [2.05, 4.69) is 5.32 Å². The predicted octanol–water partition coefficient (Wildman–Crippen LogP) is 4.26. The van der Waals surface area contributed by atoms with Gasteiger partial charge in [-0.2, -0.15) is 0 Å². The van der Waals surface area contributed by atoms with Crippen LogP contribution in [0.15, 0.2) is 90.6 Å². The molecular weight excluding hydrogens is 367 g/mol. The molecular formula is C24H19FN2O2. The van der Waals surface area contributed by atoms with Gasteiger partial charge in [-0.3, -0.25) is 14.5 Å². The minimum Gasteiger partial charge on any atom is -0.350 e. The molecule has 0 fully saturated rings. The number of amides is 2. The van der Waals surface area contributed by atoms with Crippen LogP contribution in [0.3, 0.4) is 0 Å². The summed E-state index contributed by atoms with van der Waals surface area (Å²) in [7, 11) is 0. The number of halogens is 1. The smallest absolute Gasteiger partial charge is 0.278 e. The monoisotopic (exact) mass is 386 g/mol. The van der Waals surface area contributed by atoms with Gasteiger partial charge in [-0.25, -0.2) is 4.39 Å². The van der Waals surface area contributed by atoms with E-state index in [0.717, 1.165) is 5.56 Å². The van der Waals surface area contributed by atoms with Crippen molar-refractivity contribution in [3.8, 4) is 0 Å². The Morgan fingerprint density at radius 3 is 2.03 bits per heavy atom. The third-order valence-corrected chi connectivity index (χ3v) is 4.81. The zero-order valence-electron chi connectivity index (χ0n) is 15.6. The second-order valence-electron chi connectivity index (χ2n) is 6.75. The van der Waals surface area contributed by atoms with Crippen LogP contribution < -0.4 is 5.32 Å². The van der Waals surface area contributed by atoms with Crippen molar-refractivity contribution in [2.24, 2.45) is 0 Å². The largest absolute Gasteiger partial charge is 0.350 e. The van der Waals surface area contributed by atoms with E-state index in [1.807, 2.05) is 48.5 Å². The summed E-state index contributed by atoms with van der Waals surface area (Å²) in [6.45, 7) is 0.284. The van der Waals surface area contributed by atoms with Crippen molar-refractivity contribution in [1.29, 1.82) is 0 Å². The van der Waals surface area contributed by atoms with Gasteiger partial charge in [0, 0.05) is 12.2 Å². The molecule has 0 unspecified atom stereocenters. The third kappa shape index (κ3) is 3.94. The van der Waals surface area contributed by atoms with Crippen molar-refractivity contribution >= 4 is 23.1 Å². The van der Waals surface area contributed by atoms with Crippen molar-refractivity contribution in [3.05, 3.63) is 108 Å². The first-order valence-electron chi connectivity index (χ1n) is 9.36. The van der Waals surface area contributed by atoms with Crippen molar-refractivity contribution in [1.82, 2.24) is 4.90 Å². The summed E-state index contributed by atoms with van der Waals surface area (Å²) in [5.41, 5.74) is 2.79. The third-order valence-electron chi connectivity index (χ3n) is 4.81. The molecule has 0 atom stereocenters. The van der Waals surface area contributed by atoms with Crippen LogP contribution in [-0.2, 0) is 16.0 Å². The van der Waals surface area contributed by atoms with Crippen LogP contribution >= 0.6 is 0 Å². The van der Waals surface area contributed by atoms with Gasteiger partial charge in [0.25, 0.3) is 11.8 Å². The Morgan fingerprint density at radius 2 is 1.38 bits per heavy atom. The highest BCUT2D eigenvalue weighted by molar-refractivity contribution is 6.36. The number of nitrogens with one attached hydrogen (secondary N) is 1. The molecule has 144 valence electrons. The Labute approximate surface area is 168 Å². The number of rotatable bonds is 6. The Balaban J connectivity index is 1.65. The van der Waals surface area contributed by atoms with Crippen molar-refractivity contribution < 1.29 is 14.0 Å². The van der Waals surface area contributed by atoms with Crippen LogP contribution in [0, 0.1) is 5.82 Å². The fourth-order valence-electron chi connectivity index (χ4n) is 3.33. The Morgan fingerprint density at radius 1 is 0.759 bits per heavy atom. The lowest BCUT2D eigenvalue weighted by Gasteiger charge is -2.15. The van der Waals surface area contributed by atoms with Crippen LogP contribution in [-0.4, -0.2) is 23.3 Å². The molecule has 1 heterocycles. The first kappa shape index (κ1) is 18.6. The molecule has 1 aliphatic heterocycles. The average Bonchev–Trinajstić information content (AvgIpc) is 2.99. The molecule has 0 saturated heterocycles. The lowest BCUT2D eigenvalue weighted by molar-refractivity contribution is -0.136. The van der Waals surface area contributed by atoms with Crippen LogP contribution in [0.2, 0.25) is 0 Å². The molecule has 3 aromatic rings. The van der Waals surface area contributed by atoms with E-state index in [0.29, 0.717) is 23.2 Å². The molecule has 0 spiro atoms. The van der Waals surface area contributed by atoms with Crippen molar-refractivity contribution in [3.63, 3.8) is 0 Å². The molecule has 1 N–H and O–H groups in total. The number of benzene rings is 3. The molecule has 29 heavy (non-hydrogen) atoms. The van der Waals surface area contributed by atoms with Gasteiger partial charge in [-0.15, -0.1) is 0 Å². The fourth-order valence-corrected chi connectivity index (χ4v) is 3.33. The summed E-state index contributed by atoms with van der Waals surface area (Å²) >= 11 is 0. The summed E-state index contributed by atoms with van der Waals surface area (Å²) in [5, 5.41) is 3.03. The maximum atomic E-state index is 13.2. The molecule has 0 radical (unpaired) electrons. The molecule has 0 bridgehead atoms. The molecule has 2 amide bonds. The Bertz CT molecular complexity index is 1060. The number of carbonyl (C=O) groups excluding carboxylic acids is 2. The van der Waals surface area contributed by atoms with Crippen LogP contribution in [0.25, 0.3) is 5.57 Å². The van der Waals surface area contributed by atoms with E-state index >= 15 is 0 Å². The molecule has 1 aliphatic rings. The molecule has 4 nitrogen and oxygen atoms in total. The van der Waals surface area contributed by atoms with Gasteiger partial charge in [-0.05, 0) is 41.8 Å². The SMILES string of the molecule is O=C1C(Nc2ccc(F)cc2)=C(c2ccccc2)C(=O)N1CCc1ccccc1. The molecule has 0 aliphatic carbocycles. The van der Waals surface area contributed by atoms with Gasteiger partial charge in [-0.1, -0.05) is 60.7 Å². The Kier molecular flexibility index (Phi) is 5.20. The van der Waals surface area contributed by atoms with Crippen molar-refractivity contribution in [2.45, 2.75) is 6.42 Å². The lowest BCUT2D eigenvalue weighted by Crippen LogP contribution is -2.34. The minimum atomic E-state index is -0.380. The van der Waals surface area contributed by atoms with Gasteiger partial charge in [0.2, 0.25) is 0 Å². The summed E-state index contributed by atoms with van der Waals surface area (Å²) in [4.78, 5) is 27.5. The number of anilines is 1. The molecule has 0 saturated carbocycles. The van der Waals surface area contributed by atoms with Gasteiger partial charge in [0.1, 0.15) is 11.5 Å². The highest BCUT2D eigenvalue weighted by Crippen LogP contribution is 2.30. The molecule has 0 aromatic heterocycles. The minimum absolute atomic E-state index is 0.209. The quantitative estimate of drug-likeness (QED) is 0.644. The first-order chi connectivity index (χ1) is 14.1. The van der Waals surface area contributed by atoms with E-state index in [9.17, 15) is 14.0 Å². The zero-order chi connectivity index (χ0) is 20.2. The van der Waals surface area contributed by atoms with Crippen LogP contribution in [0.5, 0.6) is 0 Å². The molecule has 4 rings (SSSR count). The maximum absolute atomic E-state index is 13.2. The summed E-state index contributed by atoms with van der Waals surface area (Å²) in [6.07, 6.45) is 0.574. The van der Waals surface area contributed by atoms with Gasteiger partial charge in [0.15, 0.2) is 0 Å². The number of hydrogen-bond acceptors (Lipinski definition) is 3. The maximum Gasteiger partial charge on any atom is 0.278 e. The summed E-state index contributed by atoms with van der Waals surface area (Å²) in [6, 6.07) is 24.5. The predicted molar refractivity (Wildman–Crippen MR) is 110 cm³/mol. The fraction of sp³-hybridized carbons (Fsp3) is 0.0833. The highest BCUT2D eigenvalue weighted by atomic mass is 19.1. The second-order valence-corrected chi connectivity index (χ2v) is 6.75. The first-order valence-corrected chi connectivity index (χ1v) is 9.36. The van der Waals surface area contributed by atoms with E-state index in [4.69, 9.17) is 0 Å². The van der Waals surface area contributed by atoms with Crippen LogP contribution in [0.1, 0.15) is 11.1 Å². The van der Waals surface area contributed by atoms with E-state index in [-0.39, 0.29) is 29.9 Å². The summed E-state index contributed by atoms with van der Waals surface area (Å²) < 4.78 is 13.2. The standard InChI is InChI=1S/C24H19FN2O2/c25-19-11-13-20(14-12-19)26-22-21(18-9-5-2-6-10-18)23(28)27(24(22)29)16-15-17-7-3-1-4-8-17/h1-14,26H,15-16H2. The van der Waals surface area contributed by atoms with Crippen molar-refractivity contribution in [2.75, 3.05) is 11.9 Å². The van der Waals surface area contributed by atoms with E-state index in [1.54, 1.807) is 12.1 Å². The normalized spacial score (nSPS) is 13.9. The number of nitrogens with zero attached hydrogens (tertiary/aromatic N) is 1. The number of carbonyl (C=O) groups is 2. The van der Waals surface area contributed by atoms with Crippen LogP contribution in [0.4, 0.5) is 10.1 Å². The second kappa shape index (κ2) is 8.10. The highest BCUT2D eigenvalue weighted by Gasteiger charge is 2.38. The zero-order valence-corrected chi connectivity index (χ0v) is 15.6. The summed E-state index contributed by atoms with van der Waals surface area (Å²) in [5.74, 6) is -1.08. The van der Waals surface area contributed by atoms with E-state index < -0.39 is 0 Å². The van der Waals surface area contributed by atoms with Gasteiger partial charge < -0.3 is 5.32 Å². The average molecular weight is 386 g/mol. The van der Waals surface area contributed by atoms with Gasteiger partial charge >= 0.3 is 0 Å². The van der Waals surface area contributed by atoms with Gasteiger partial charge in [0.05, 0.1) is 5.57 Å².